The minimum absolute atomic E-state index is 0.0609. The molecule has 0 saturated heterocycles. The number of rotatable bonds is 3. The standard InChI is InChI=1S/C9H12N4O/c1-10-7-4-8(12-5-11-7)13-9(14)6-2-3-6/h4-6H,2-3H2,1H3,(H2,10,11,12,13,14). The van der Waals surface area contributed by atoms with Gasteiger partial charge in [-0.2, -0.15) is 0 Å². The highest BCUT2D eigenvalue weighted by Crippen LogP contribution is 2.29. The van der Waals surface area contributed by atoms with E-state index < -0.39 is 0 Å². The molecule has 2 N–H and O–H groups in total. The molecule has 1 saturated carbocycles. The molecule has 1 aliphatic rings. The van der Waals surface area contributed by atoms with Crippen LogP contribution >= 0.6 is 0 Å². The minimum Gasteiger partial charge on any atom is -0.373 e. The monoisotopic (exact) mass is 192 g/mol. The Balaban J connectivity index is 2.04. The lowest BCUT2D eigenvalue weighted by Gasteiger charge is -2.04. The summed E-state index contributed by atoms with van der Waals surface area (Å²) in [5.74, 6) is 1.51. The van der Waals surface area contributed by atoms with Gasteiger partial charge in [-0.3, -0.25) is 4.79 Å². The van der Waals surface area contributed by atoms with Gasteiger partial charge in [-0.25, -0.2) is 9.97 Å². The van der Waals surface area contributed by atoms with Gasteiger partial charge in [-0.1, -0.05) is 0 Å². The van der Waals surface area contributed by atoms with Gasteiger partial charge in [0, 0.05) is 19.0 Å². The van der Waals surface area contributed by atoms with Crippen LogP contribution in [0.15, 0.2) is 12.4 Å². The van der Waals surface area contributed by atoms with E-state index in [-0.39, 0.29) is 11.8 Å². The summed E-state index contributed by atoms with van der Waals surface area (Å²) in [6, 6.07) is 1.71. The zero-order valence-electron chi connectivity index (χ0n) is 7.95. The van der Waals surface area contributed by atoms with E-state index in [1.165, 1.54) is 6.33 Å². The molecule has 1 aromatic heterocycles. The Kier molecular flexibility index (Phi) is 2.30. The van der Waals surface area contributed by atoms with Crippen molar-refractivity contribution in [2.45, 2.75) is 12.8 Å². The molecular formula is C9H12N4O. The van der Waals surface area contributed by atoms with Crippen LogP contribution in [-0.2, 0) is 4.79 Å². The molecule has 2 rings (SSSR count). The van der Waals surface area contributed by atoms with Crippen molar-refractivity contribution in [2.24, 2.45) is 5.92 Å². The van der Waals surface area contributed by atoms with Crippen molar-refractivity contribution in [3.8, 4) is 0 Å². The van der Waals surface area contributed by atoms with E-state index in [0.29, 0.717) is 11.6 Å². The van der Waals surface area contributed by atoms with Crippen molar-refractivity contribution in [2.75, 3.05) is 17.7 Å². The average Bonchev–Trinajstić information content (AvgIpc) is 3.01. The molecule has 1 aromatic rings. The maximum absolute atomic E-state index is 11.4. The summed E-state index contributed by atoms with van der Waals surface area (Å²) in [5, 5.41) is 5.63. The number of aromatic nitrogens is 2. The van der Waals surface area contributed by atoms with Crippen LogP contribution in [0.1, 0.15) is 12.8 Å². The molecule has 1 aliphatic carbocycles. The number of hydrogen-bond acceptors (Lipinski definition) is 4. The highest BCUT2D eigenvalue weighted by Gasteiger charge is 2.29. The van der Waals surface area contributed by atoms with Crippen molar-refractivity contribution in [3.63, 3.8) is 0 Å². The first-order chi connectivity index (χ1) is 6.79. The topological polar surface area (TPSA) is 66.9 Å². The van der Waals surface area contributed by atoms with Gasteiger partial charge in [-0.15, -0.1) is 0 Å². The van der Waals surface area contributed by atoms with Gasteiger partial charge < -0.3 is 10.6 Å². The van der Waals surface area contributed by atoms with Crippen LogP contribution in [0.3, 0.4) is 0 Å². The Morgan fingerprint density at radius 3 is 2.79 bits per heavy atom. The molecule has 0 aliphatic heterocycles. The largest absolute Gasteiger partial charge is 0.373 e. The number of anilines is 2. The number of hydrogen-bond donors (Lipinski definition) is 2. The Hall–Kier alpha value is -1.65. The third-order valence-electron chi connectivity index (χ3n) is 2.12. The summed E-state index contributed by atoms with van der Waals surface area (Å²) in [6.45, 7) is 0. The number of nitrogens with zero attached hydrogens (tertiary/aromatic N) is 2. The fourth-order valence-electron chi connectivity index (χ4n) is 1.14. The smallest absolute Gasteiger partial charge is 0.228 e. The van der Waals surface area contributed by atoms with Crippen LogP contribution in [0.25, 0.3) is 0 Å². The Morgan fingerprint density at radius 2 is 2.14 bits per heavy atom. The molecule has 1 fully saturated rings. The molecule has 74 valence electrons. The summed E-state index contributed by atoms with van der Waals surface area (Å²) >= 11 is 0. The zero-order valence-corrected chi connectivity index (χ0v) is 7.95. The van der Waals surface area contributed by atoms with Crippen molar-refractivity contribution in [3.05, 3.63) is 12.4 Å². The van der Waals surface area contributed by atoms with E-state index in [9.17, 15) is 4.79 Å². The molecule has 0 unspecified atom stereocenters. The number of carbonyl (C=O) groups is 1. The summed E-state index contributed by atoms with van der Waals surface area (Å²) < 4.78 is 0. The maximum atomic E-state index is 11.4. The van der Waals surface area contributed by atoms with Gasteiger partial charge in [-0.05, 0) is 12.8 Å². The molecule has 14 heavy (non-hydrogen) atoms. The number of nitrogens with one attached hydrogen (secondary N) is 2. The van der Waals surface area contributed by atoms with Crippen molar-refractivity contribution in [1.82, 2.24) is 9.97 Å². The lowest BCUT2D eigenvalue weighted by molar-refractivity contribution is -0.117. The predicted molar refractivity (Wildman–Crippen MR) is 52.9 cm³/mol. The van der Waals surface area contributed by atoms with E-state index in [4.69, 9.17) is 0 Å². The molecule has 5 nitrogen and oxygen atoms in total. The molecule has 0 spiro atoms. The predicted octanol–water partition coefficient (Wildman–Crippen LogP) is 0.867. The summed E-state index contributed by atoms with van der Waals surface area (Å²) in [4.78, 5) is 19.3. The lowest BCUT2D eigenvalue weighted by Crippen LogP contribution is -2.14. The molecule has 0 aromatic carbocycles. The van der Waals surface area contributed by atoms with Crippen LogP contribution in [0.2, 0.25) is 0 Å². The number of carbonyl (C=O) groups excluding carboxylic acids is 1. The Labute approximate surface area is 82.0 Å². The first kappa shape index (κ1) is 8.93. The van der Waals surface area contributed by atoms with Crippen LogP contribution in [0, 0.1) is 5.92 Å². The second kappa shape index (κ2) is 3.61. The molecular weight excluding hydrogens is 180 g/mol. The van der Waals surface area contributed by atoms with E-state index in [1.807, 2.05) is 0 Å². The van der Waals surface area contributed by atoms with Gasteiger partial charge in [0.05, 0.1) is 0 Å². The second-order valence-corrected chi connectivity index (χ2v) is 3.30. The summed E-state index contributed by atoms with van der Waals surface area (Å²) in [6.07, 6.45) is 3.42. The van der Waals surface area contributed by atoms with E-state index in [0.717, 1.165) is 12.8 Å². The van der Waals surface area contributed by atoms with Crippen LogP contribution < -0.4 is 10.6 Å². The quantitative estimate of drug-likeness (QED) is 0.745. The normalized spacial score (nSPS) is 14.9. The second-order valence-electron chi connectivity index (χ2n) is 3.30. The van der Waals surface area contributed by atoms with Crippen molar-refractivity contribution >= 4 is 17.5 Å². The van der Waals surface area contributed by atoms with Crippen LogP contribution in [-0.4, -0.2) is 22.9 Å². The minimum atomic E-state index is 0.0609. The van der Waals surface area contributed by atoms with Gasteiger partial charge in [0.2, 0.25) is 5.91 Å². The van der Waals surface area contributed by atoms with Crippen LogP contribution in [0.5, 0.6) is 0 Å². The highest BCUT2D eigenvalue weighted by atomic mass is 16.2. The Bertz CT molecular complexity index is 348. The SMILES string of the molecule is CNc1cc(NC(=O)C2CC2)ncn1. The fraction of sp³-hybridized carbons (Fsp3) is 0.444. The Morgan fingerprint density at radius 1 is 1.43 bits per heavy atom. The fourth-order valence-corrected chi connectivity index (χ4v) is 1.14. The van der Waals surface area contributed by atoms with Crippen LogP contribution in [0.4, 0.5) is 11.6 Å². The van der Waals surface area contributed by atoms with E-state index in [2.05, 4.69) is 20.6 Å². The summed E-state index contributed by atoms with van der Waals surface area (Å²) in [7, 11) is 1.77. The maximum Gasteiger partial charge on any atom is 0.228 e. The lowest BCUT2D eigenvalue weighted by atomic mass is 10.4. The van der Waals surface area contributed by atoms with Gasteiger partial charge in [0.15, 0.2) is 0 Å². The summed E-state index contributed by atoms with van der Waals surface area (Å²) in [5.41, 5.74) is 0. The van der Waals surface area contributed by atoms with Gasteiger partial charge in [0.25, 0.3) is 0 Å². The highest BCUT2D eigenvalue weighted by molar-refractivity contribution is 5.93. The van der Waals surface area contributed by atoms with Gasteiger partial charge >= 0.3 is 0 Å². The van der Waals surface area contributed by atoms with E-state index in [1.54, 1.807) is 13.1 Å². The van der Waals surface area contributed by atoms with E-state index >= 15 is 0 Å². The van der Waals surface area contributed by atoms with Crippen molar-refractivity contribution < 1.29 is 4.79 Å². The molecule has 5 heteroatoms. The average molecular weight is 192 g/mol. The molecule has 0 bridgehead atoms. The third kappa shape index (κ3) is 1.99. The molecule has 0 radical (unpaired) electrons. The number of amides is 1. The molecule has 0 atom stereocenters. The first-order valence-electron chi connectivity index (χ1n) is 4.60. The van der Waals surface area contributed by atoms with Crippen molar-refractivity contribution in [1.29, 1.82) is 0 Å². The third-order valence-corrected chi connectivity index (χ3v) is 2.12. The van der Waals surface area contributed by atoms with Gasteiger partial charge in [0.1, 0.15) is 18.0 Å². The molecule has 1 heterocycles. The zero-order chi connectivity index (χ0) is 9.97. The first-order valence-corrected chi connectivity index (χ1v) is 4.60. The molecule has 1 amide bonds.